The fourth-order valence-corrected chi connectivity index (χ4v) is 0.995. The summed E-state index contributed by atoms with van der Waals surface area (Å²) in [6.07, 6.45) is -4.18. The van der Waals surface area contributed by atoms with Crippen LogP contribution in [-0.2, 0) is 4.79 Å². The number of carbonyl (C=O) groups excluding carboxylic acids is 1. The van der Waals surface area contributed by atoms with Crippen LogP contribution >= 0.6 is 11.8 Å². The Labute approximate surface area is 66.5 Å². The molecule has 0 unspecified atom stereocenters. The summed E-state index contributed by atoms with van der Waals surface area (Å²) in [4.78, 5) is 10.4. The van der Waals surface area contributed by atoms with Gasteiger partial charge in [-0.1, -0.05) is 0 Å². The molecular weight excluding hydrogens is 179 g/mol. The molecule has 11 heavy (non-hydrogen) atoms. The number of thioether (sulfide) groups is 1. The molecule has 0 aromatic heterocycles. The molecule has 2 nitrogen and oxygen atoms in total. The standard InChI is InChI=1S/C5H8F3NOS/c1-9-4(10)2-11-3-5(6,7)8/h2-3H2,1H3,(H,9,10). The van der Waals surface area contributed by atoms with E-state index in [1.54, 1.807) is 0 Å². The fourth-order valence-electron chi connectivity index (χ4n) is 0.332. The Balaban J connectivity index is 3.35. The van der Waals surface area contributed by atoms with Crippen LogP contribution in [0.3, 0.4) is 0 Å². The molecule has 1 amide bonds. The molecule has 6 heteroatoms. The first-order chi connectivity index (χ1) is 4.95. The van der Waals surface area contributed by atoms with E-state index in [0.29, 0.717) is 11.8 Å². The van der Waals surface area contributed by atoms with Crippen molar-refractivity contribution < 1.29 is 18.0 Å². The molecule has 0 rings (SSSR count). The van der Waals surface area contributed by atoms with Gasteiger partial charge in [0, 0.05) is 7.05 Å². The molecule has 0 heterocycles. The van der Waals surface area contributed by atoms with Crippen LogP contribution < -0.4 is 5.32 Å². The molecule has 0 atom stereocenters. The first-order valence-electron chi connectivity index (χ1n) is 2.81. The lowest BCUT2D eigenvalue weighted by Gasteiger charge is -2.04. The minimum Gasteiger partial charge on any atom is -0.358 e. The number of carbonyl (C=O) groups is 1. The maximum absolute atomic E-state index is 11.5. The van der Waals surface area contributed by atoms with Crippen LogP contribution in [0.15, 0.2) is 0 Å². The first kappa shape index (κ1) is 10.6. The van der Waals surface area contributed by atoms with E-state index in [9.17, 15) is 18.0 Å². The Hall–Kier alpha value is -0.390. The van der Waals surface area contributed by atoms with Gasteiger partial charge in [-0.15, -0.1) is 11.8 Å². The third-order valence-electron chi connectivity index (χ3n) is 0.778. The van der Waals surface area contributed by atoms with Crippen molar-refractivity contribution in [2.45, 2.75) is 6.18 Å². The lowest BCUT2D eigenvalue weighted by molar-refractivity contribution is -0.118. The molecule has 0 aliphatic rings. The number of hydrogen-bond acceptors (Lipinski definition) is 2. The Morgan fingerprint density at radius 3 is 2.45 bits per heavy atom. The van der Waals surface area contributed by atoms with E-state index in [0.717, 1.165) is 0 Å². The van der Waals surface area contributed by atoms with Crippen molar-refractivity contribution in [2.24, 2.45) is 0 Å². The van der Waals surface area contributed by atoms with Crippen LogP contribution in [0.25, 0.3) is 0 Å². The molecule has 0 aliphatic carbocycles. The van der Waals surface area contributed by atoms with Gasteiger partial charge in [-0.25, -0.2) is 0 Å². The molecule has 0 radical (unpaired) electrons. The SMILES string of the molecule is CNC(=O)CSCC(F)(F)F. The van der Waals surface area contributed by atoms with E-state index < -0.39 is 11.9 Å². The summed E-state index contributed by atoms with van der Waals surface area (Å²) in [6.45, 7) is 0. The summed E-state index contributed by atoms with van der Waals surface area (Å²) in [5, 5.41) is 2.22. The highest BCUT2D eigenvalue weighted by molar-refractivity contribution is 8.00. The number of nitrogens with one attached hydrogen (secondary N) is 1. The second-order valence-electron chi connectivity index (χ2n) is 1.78. The average molecular weight is 187 g/mol. The summed E-state index contributed by atoms with van der Waals surface area (Å²) in [5.41, 5.74) is 0. The van der Waals surface area contributed by atoms with E-state index >= 15 is 0 Å². The largest absolute Gasteiger partial charge is 0.397 e. The Bertz CT molecular complexity index is 136. The van der Waals surface area contributed by atoms with Gasteiger partial charge >= 0.3 is 6.18 Å². The van der Waals surface area contributed by atoms with Crippen LogP contribution in [0.2, 0.25) is 0 Å². The number of amides is 1. The highest BCUT2D eigenvalue weighted by Gasteiger charge is 2.26. The third-order valence-corrected chi connectivity index (χ3v) is 1.78. The second-order valence-corrected chi connectivity index (χ2v) is 2.77. The van der Waals surface area contributed by atoms with Gasteiger partial charge in [0.1, 0.15) is 0 Å². The van der Waals surface area contributed by atoms with Crippen LogP contribution in [0.5, 0.6) is 0 Å². The van der Waals surface area contributed by atoms with Crippen molar-refractivity contribution in [3.63, 3.8) is 0 Å². The zero-order chi connectivity index (χ0) is 8.91. The van der Waals surface area contributed by atoms with E-state index in [1.807, 2.05) is 0 Å². The van der Waals surface area contributed by atoms with Gasteiger partial charge in [0.15, 0.2) is 0 Å². The minimum absolute atomic E-state index is 0.143. The van der Waals surface area contributed by atoms with Crippen molar-refractivity contribution >= 4 is 17.7 Å². The lowest BCUT2D eigenvalue weighted by atomic mass is 10.7. The van der Waals surface area contributed by atoms with E-state index in [1.165, 1.54) is 7.05 Å². The van der Waals surface area contributed by atoms with Gasteiger partial charge in [-0.3, -0.25) is 4.79 Å². The molecule has 1 N–H and O–H groups in total. The molecule has 0 saturated heterocycles. The molecule has 0 spiro atoms. The first-order valence-corrected chi connectivity index (χ1v) is 3.96. The van der Waals surface area contributed by atoms with E-state index in [2.05, 4.69) is 5.32 Å². The molecule has 0 saturated carbocycles. The van der Waals surface area contributed by atoms with Crippen LogP contribution in [0.1, 0.15) is 0 Å². The van der Waals surface area contributed by atoms with Crippen LogP contribution in [-0.4, -0.2) is 30.6 Å². The Morgan fingerprint density at radius 2 is 2.09 bits per heavy atom. The molecule has 0 fully saturated rings. The van der Waals surface area contributed by atoms with Crippen molar-refractivity contribution in [1.82, 2.24) is 5.32 Å². The van der Waals surface area contributed by atoms with Crippen molar-refractivity contribution in [1.29, 1.82) is 0 Å². The predicted molar refractivity (Wildman–Crippen MR) is 37.4 cm³/mol. The smallest absolute Gasteiger partial charge is 0.358 e. The topological polar surface area (TPSA) is 29.1 Å². The molecule has 0 aromatic rings. The molecule has 66 valence electrons. The Morgan fingerprint density at radius 1 is 1.55 bits per heavy atom. The summed E-state index contributed by atoms with van der Waals surface area (Å²) in [6, 6.07) is 0. The summed E-state index contributed by atoms with van der Waals surface area (Å²) < 4.78 is 34.4. The third kappa shape index (κ3) is 7.51. The van der Waals surface area contributed by atoms with Crippen LogP contribution in [0, 0.1) is 0 Å². The highest BCUT2D eigenvalue weighted by Crippen LogP contribution is 2.20. The van der Waals surface area contributed by atoms with E-state index in [4.69, 9.17) is 0 Å². The fraction of sp³-hybridized carbons (Fsp3) is 0.800. The average Bonchev–Trinajstić information content (AvgIpc) is 1.85. The lowest BCUT2D eigenvalue weighted by Crippen LogP contribution is -2.21. The zero-order valence-electron chi connectivity index (χ0n) is 5.86. The van der Waals surface area contributed by atoms with Crippen molar-refractivity contribution in [3.05, 3.63) is 0 Å². The van der Waals surface area contributed by atoms with Gasteiger partial charge in [0.25, 0.3) is 0 Å². The van der Waals surface area contributed by atoms with E-state index in [-0.39, 0.29) is 11.7 Å². The monoisotopic (exact) mass is 187 g/mol. The zero-order valence-corrected chi connectivity index (χ0v) is 6.68. The maximum atomic E-state index is 11.5. The second kappa shape index (κ2) is 4.48. The van der Waals surface area contributed by atoms with Crippen LogP contribution in [0.4, 0.5) is 13.2 Å². The normalized spacial score (nSPS) is 11.3. The summed E-state index contributed by atoms with van der Waals surface area (Å²) in [7, 11) is 1.39. The molecule has 0 aromatic carbocycles. The van der Waals surface area contributed by atoms with Crippen molar-refractivity contribution in [3.8, 4) is 0 Å². The van der Waals surface area contributed by atoms with Gasteiger partial charge in [-0.05, 0) is 0 Å². The van der Waals surface area contributed by atoms with Gasteiger partial charge in [0.2, 0.25) is 5.91 Å². The van der Waals surface area contributed by atoms with Gasteiger partial charge < -0.3 is 5.32 Å². The van der Waals surface area contributed by atoms with Crippen molar-refractivity contribution in [2.75, 3.05) is 18.6 Å². The minimum atomic E-state index is -4.18. The quantitative estimate of drug-likeness (QED) is 0.715. The highest BCUT2D eigenvalue weighted by atomic mass is 32.2. The maximum Gasteiger partial charge on any atom is 0.397 e. The van der Waals surface area contributed by atoms with Gasteiger partial charge in [-0.2, -0.15) is 13.2 Å². The van der Waals surface area contributed by atoms with Gasteiger partial charge in [0.05, 0.1) is 11.5 Å². The molecule has 0 aliphatic heterocycles. The predicted octanol–water partition coefficient (Wildman–Crippen LogP) is 1.03. The number of rotatable bonds is 3. The number of hydrogen-bond donors (Lipinski definition) is 1. The molecular formula is C5H8F3NOS. The molecule has 0 bridgehead atoms. The Kier molecular flexibility index (Phi) is 4.32. The number of alkyl halides is 3. The number of halogens is 3. The summed E-state index contributed by atoms with van der Waals surface area (Å²) in [5.74, 6) is -1.50. The summed E-state index contributed by atoms with van der Waals surface area (Å²) >= 11 is 0.556.